The van der Waals surface area contributed by atoms with Crippen molar-refractivity contribution in [1.82, 2.24) is 0 Å². The molecule has 6 nitrogen and oxygen atoms in total. The first-order chi connectivity index (χ1) is 8.69. The van der Waals surface area contributed by atoms with Crippen molar-refractivity contribution >= 4 is 12.0 Å². The van der Waals surface area contributed by atoms with Crippen LogP contribution in [0.3, 0.4) is 0 Å². The molecule has 0 aliphatic rings. The van der Waals surface area contributed by atoms with Crippen molar-refractivity contribution in [2.75, 3.05) is 13.7 Å². The molecule has 1 aromatic carbocycles. The Balaban J connectivity index is 2.87. The monoisotopic (exact) mass is 247 g/mol. The van der Waals surface area contributed by atoms with E-state index in [4.69, 9.17) is 15.4 Å². The molecule has 0 atom stereocenters. The maximum Gasteiger partial charge on any atom is 0.335 e. The molecule has 1 rings (SSSR count). The minimum absolute atomic E-state index is 0.200. The van der Waals surface area contributed by atoms with Crippen LogP contribution in [0.25, 0.3) is 16.5 Å². The Morgan fingerprint density at radius 2 is 2.39 bits per heavy atom. The third kappa shape index (κ3) is 3.84. The Labute approximate surface area is 104 Å². The first-order valence-corrected chi connectivity index (χ1v) is 5.27. The number of ether oxygens (including phenoxy) is 1. The minimum Gasteiger partial charge on any atom is -0.496 e. The number of rotatable bonds is 6. The topological polar surface area (TPSA) is 95.3 Å². The zero-order chi connectivity index (χ0) is 13.4. The highest BCUT2D eigenvalue weighted by Gasteiger charge is 2.06. The summed E-state index contributed by atoms with van der Waals surface area (Å²) >= 11 is 0. The van der Waals surface area contributed by atoms with Gasteiger partial charge in [-0.1, -0.05) is 17.3 Å². The van der Waals surface area contributed by atoms with E-state index < -0.39 is 5.97 Å². The Kier molecular flexibility index (Phi) is 5.28. The van der Waals surface area contributed by atoms with Crippen LogP contribution >= 0.6 is 0 Å². The number of hydrogen-bond donors (Lipinski definition) is 1. The molecule has 0 amide bonds. The Bertz CT molecular complexity index is 505. The highest BCUT2D eigenvalue weighted by atomic mass is 16.5. The zero-order valence-corrected chi connectivity index (χ0v) is 9.91. The fourth-order valence-corrected chi connectivity index (χ4v) is 1.38. The third-order valence-corrected chi connectivity index (χ3v) is 2.23. The van der Waals surface area contributed by atoms with Crippen molar-refractivity contribution in [2.24, 2.45) is 5.11 Å². The van der Waals surface area contributed by atoms with Gasteiger partial charge in [0.05, 0.1) is 12.7 Å². The number of carbonyl (C=O) groups is 1. The average Bonchev–Trinajstić information content (AvgIpc) is 2.38. The second-order valence-corrected chi connectivity index (χ2v) is 3.41. The summed E-state index contributed by atoms with van der Waals surface area (Å²) in [5, 5.41) is 12.3. The molecule has 94 valence electrons. The zero-order valence-electron chi connectivity index (χ0n) is 9.91. The molecule has 0 spiro atoms. The van der Waals surface area contributed by atoms with Crippen LogP contribution < -0.4 is 4.74 Å². The number of carboxylic acid groups (broad SMARTS) is 1. The van der Waals surface area contributed by atoms with Gasteiger partial charge in [0.15, 0.2) is 0 Å². The summed E-state index contributed by atoms with van der Waals surface area (Å²) in [7, 11) is 1.52. The molecule has 0 saturated carbocycles. The second kappa shape index (κ2) is 6.98. The number of benzene rings is 1. The molecule has 0 fully saturated rings. The van der Waals surface area contributed by atoms with Gasteiger partial charge in [0.25, 0.3) is 0 Å². The molecule has 0 unspecified atom stereocenters. The fraction of sp³-hybridized carbons (Fsp3) is 0.250. The van der Waals surface area contributed by atoms with E-state index in [2.05, 4.69) is 10.0 Å². The molecule has 0 aliphatic carbocycles. The summed E-state index contributed by atoms with van der Waals surface area (Å²) in [6, 6.07) is 4.63. The average molecular weight is 247 g/mol. The summed E-state index contributed by atoms with van der Waals surface area (Å²) in [6.45, 7) is 0.369. The van der Waals surface area contributed by atoms with E-state index in [0.717, 1.165) is 0 Å². The van der Waals surface area contributed by atoms with Gasteiger partial charge in [-0.3, -0.25) is 0 Å². The van der Waals surface area contributed by atoms with Crippen molar-refractivity contribution in [3.05, 3.63) is 45.8 Å². The lowest BCUT2D eigenvalue weighted by molar-refractivity contribution is 0.0697. The summed E-state index contributed by atoms with van der Waals surface area (Å²) < 4.78 is 5.13. The highest BCUT2D eigenvalue weighted by molar-refractivity contribution is 5.88. The predicted molar refractivity (Wildman–Crippen MR) is 67.6 cm³/mol. The first-order valence-electron chi connectivity index (χ1n) is 5.27. The lowest BCUT2D eigenvalue weighted by atomic mass is 10.1. The normalized spacial score (nSPS) is 10.1. The molecule has 1 aromatic rings. The van der Waals surface area contributed by atoms with Gasteiger partial charge in [-0.2, -0.15) is 0 Å². The maximum absolute atomic E-state index is 10.8. The molecular weight excluding hydrogens is 234 g/mol. The number of hydrogen-bond acceptors (Lipinski definition) is 3. The first kappa shape index (κ1) is 13.6. The van der Waals surface area contributed by atoms with Gasteiger partial charge >= 0.3 is 5.97 Å². The molecule has 18 heavy (non-hydrogen) atoms. The summed E-state index contributed by atoms with van der Waals surface area (Å²) in [5.41, 5.74) is 8.99. The van der Waals surface area contributed by atoms with Crippen LogP contribution in [-0.2, 0) is 0 Å². The summed E-state index contributed by atoms with van der Waals surface area (Å²) in [4.78, 5) is 13.5. The van der Waals surface area contributed by atoms with Crippen molar-refractivity contribution < 1.29 is 14.6 Å². The molecule has 0 aromatic heterocycles. The van der Waals surface area contributed by atoms with Crippen LogP contribution in [0.15, 0.2) is 29.4 Å². The van der Waals surface area contributed by atoms with Crippen LogP contribution in [-0.4, -0.2) is 24.7 Å². The number of carboxylic acids is 1. The van der Waals surface area contributed by atoms with E-state index >= 15 is 0 Å². The number of methoxy groups -OCH3 is 1. The Morgan fingerprint density at radius 1 is 1.61 bits per heavy atom. The lowest BCUT2D eigenvalue weighted by Gasteiger charge is -2.05. The molecule has 0 saturated heterocycles. The molecule has 0 aliphatic heterocycles. The predicted octanol–water partition coefficient (Wildman–Crippen LogP) is 3.11. The van der Waals surface area contributed by atoms with Gasteiger partial charge in [-0.15, -0.1) is 0 Å². The molecule has 1 N–H and O–H groups in total. The Morgan fingerprint density at radius 3 is 3.00 bits per heavy atom. The third-order valence-electron chi connectivity index (χ3n) is 2.23. The van der Waals surface area contributed by atoms with Crippen LogP contribution in [0, 0.1) is 0 Å². The van der Waals surface area contributed by atoms with Gasteiger partial charge in [0.2, 0.25) is 0 Å². The summed E-state index contributed by atoms with van der Waals surface area (Å²) in [6.07, 6.45) is 4.14. The molecule has 0 heterocycles. The van der Waals surface area contributed by atoms with Crippen molar-refractivity contribution in [3.63, 3.8) is 0 Å². The van der Waals surface area contributed by atoms with E-state index in [1.807, 2.05) is 0 Å². The highest BCUT2D eigenvalue weighted by Crippen LogP contribution is 2.21. The number of azide groups is 1. The van der Waals surface area contributed by atoms with Gasteiger partial charge in [-0.25, -0.2) is 4.79 Å². The van der Waals surface area contributed by atoms with E-state index in [1.165, 1.54) is 19.2 Å². The van der Waals surface area contributed by atoms with Gasteiger partial charge < -0.3 is 9.84 Å². The van der Waals surface area contributed by atoms with Crippen molar-refractivity contribution in [1.29, 1.82) is 0 Å². The van der Waals surface area contributed by atoms with Gasteiger partial charge in [0.1, 0.15) is 5.75 Å². The minimum atomic E-state index is -0.985. The van der Waals surface area contributed by atoms with Crippen molar-refractivity contribution in [2.45, 2.75) is 6.42 Å². The SMILES string of the molecule is COc1ccc(C(=O)O)cc1C=CCCN=[N+]=[N-]. The molecule has 0 bridgehead atoms. The number of nitrogens with zero attached hydrogens (tertiary/aromatic N) is 3. The number of aromatic carboxylic acids is 1. The maximum atomic E-state index is 10.8. The molecular formula is C12H13N3O3. The van der Waals surface area contributed by atoms with Crippen LogP contribution in [0.2, 0.25) is 0 Å². The van der Waals surface area contributed by atoms with Gasteiger partial charge in [0, 0.05) is 17.0 Å². The lowest BCUT2D eigenvalue weighted by Crippen LogP contribution is -1.97. The van der Waals surface area contributed by atoms with E-state index in [9.17, 15) is 4.79 Å². The van der Waals surface area contributed by atoms with Crippen LogP contribution in [0.4, 0.5) is 0 Å². The van der Waals surface area contributed by atoms with Crippen LogP contribution in [0.5, 0.6) is 5.75 Å². The standard InChI is InChI=1S/C12H13N3O3/c1-18-11-6-5-10(12(16)17)8-9(11)4-2-3-7-14-15-13/h2,4-6,8H,3,7H2,1H3,(H,16,17). The van der Waals surface area contributed by atoms with E-state index in [1.54, 1.807) is 18.2 Å². The largest absolute Gasteiger partial charge is 0.496 e. The summed E-state index contributed by atoms with van der Waals surface area (Å²) in [5.74, 6) is -0.388. The smallest absolute Gasteiger partial charge is 0.335 e. The fourth-order valence-electron chi connectivity index (χ4n) is 1.38. The van der Waals surface area contributed by atoms with Crippen LogP contribution in [0.1, 0.15) is 22.3 Å². The van der Waals surface area contributed by atoms with E-state index in [-0.39, 0.29) is 5.56 Å². The quantitative estimate of drug-likeness (QED) is 0.362. The second-order valence-electron chi connectivity index (χ2n) is 3.41. The van der Waals surface area contributed by atoms with Gasteiger partial charge in [-0.05, 0) is 30.2 Å². The Hall–Kier alpha value is -2.46. The molecule has 0 radical (unpaired) electrons. The van der Waals surface area contributed by atoms with Crippen molar-refractivity contribution in [3.8, 4) is 5.75 Å². The molecule has 6 heteroatoms. The van der Waals surface area contributed by atoms with E-state index in [0.29, 0.717) is 24.3 Å².